The van der Waals surface area contributed by atoms with Crippen LogP contribution in [0, 0.1) is 6.92 Å². The van der Waals surface area contributed by atoms with Gasteiger partial charge in [-0.15, -0.1) is 35.3 Å². The predicted octanol–water partition coefficient (Wildman–Crippen LogP) is 2.99. The summed E-state index contributed by atoms with van der Waals surface area (Å²) in [5.41, 5.74) is 1.12. The van der Waals surface area contributed by atoms with E-state index in [4.69, 9.17) is 4.74 Å². The van der Waals surface area contributed by atoms with Gasteiger partial charge in [0.1, 0.15) is 5.82 Å². The van der Waals surface area contributed by atoms with E-state index in [1.807, 2.05) is 12.4 Å². The van der Waals surface area contributed by atoms with E-state index in [0.29, 0.717) is 6.54 Å². The number of morpholine rings is 1. The van der Waals surface area contributed by atoms with Crippen LogP contribution in [-0.2, 0) is 17.7 Å². The summed E-state index contributed by atoms with van der Waals surface area (Å²) in [6.45, 7) is 9.53. The van der Waals surface area contributed by atoms with Crippen molar-refractivity contribution in [2.75, 3.05) is 31.6 Å². The Morgan fingerprint density at radius 2 is 1.97 bits per heavy atom. The summed E-state index contributed by atoms with van der Waals surface area (Å²) in [7, 11) is 1.78. The first-order valence-electron chi connectivity index (χ1n) is 9.74. The molecule has 1 saturated heterocycles. The molecule has 1 fully saturated rings. The second-order valence-corrected chi connectivity index (χ2v) is 8.47. The van der Waals surface area contributed by atoms with Gasteiger partial charge in [-0.1, -0.05) is 6.07 Å². The third-order valence-electron chi connectivity index (χ3n) is 4.54. The Morgan fingerprint density at radius 1 is 1.21 bits per heavy atom. The van der Waals surface area contributed by atoms with Crippen molar-refractivity contribution in [2.45, 2.75) is 45.9 Å². The Bertz CT molecular complexity index is 772. The van der Waals surface area contributed by atoms with E-state index in [0.717, 1.165) is 48.4 Å². The molecule has 1 aliphatic rings. The molecule has 0 aromatic carbocycles. The predicted molar refractivity (Wildman–Crippen MR) is 131 cm³/mol. The van der Waals surface area contributed by atoms with E-state index in [2.05, 4.69) is 63.4 Å². The number of thiazole rings is 1. The zero-order chi connectivity index (χ0) is 19.9. The van der Waals surface area contributed by atoms with Crippen molar-refractivity contribution in [3.05, 3.63) is 40.0 Å². The lowest BCUT2D eigenvalue weighted by Gasteiger charge is -2.36. The van der Waals surface area contributed by atoms with Crippen LogP contribution in [-0.4, -0.2) is 54.8 Å². The molecule has 9 heteroatoms. The molecule has 2 N–H and O–H groups in total. The van der Waals surface area contributed by atoms with E-state index in [9.17, 15) is 0 Å². The van der Waals surface area contributed by atoms with Gasteiger partial charge in [0.05, 0.1) is 17.2 Å². The summed E-state index contributed by atoms with van der Waals surface area (Å²) >= 11 is 1.74. The van der Waals surface area contributed by atoms with Crippen molar-refractivity contribution < 1.29 is 4.74 Å². The number of hydrogen-bond acceptors (Lipinski definition) is 6. The molecule has 0 radical (unpaired) electrons. The lowest BCUT2D eigenvalue weighted by Crippen LogP contribution is -2.45. The van der Waals surface area contributed by atoms with Gasteiger partial charge in [0.2, 0.25) is 0 Å². The van der Waals surface area contributed by atoms with E-state index >= 15 is 0 Å². The number of hydrogen-bond donors (Lipinski definition) is 2. The number of aromatic nitrogens is 2. The third kappa shape index (κ3) is 7.38. The minimum atomic E-state index is 0. The minimum absolute atomic E-state index is 0. The van der Waals surface area contributed by atoms with Crippen molar-refractivity contribution in [1.29, 1.82) is 0 Å². The number of guanidine groups is 1. The first-order valence-corrected chi connectivity index (χ1v) is 10.6. The molecular formula is C20H31IN6OS. The molecule has 2 atom stereocenters. The number of nitrogens with one attached hydrogen (secondary N) is 2. The number of anilines is 1. The fourth-order valence-corrected chi connectivity index (χ4v) is 4.07. The van der Waals surface area contributed by atoms with Gasteiger partial charge in [0.15, 0.2) is 5.96 Å². The molecule has 3 rings (SSSR count). The summed E-state index contributed by atoms with van der Waals surface area (Å²) in [6, 6.07) is 4.20. The molecule has 2 aromatic rings. The lowest BCUT2D eigenvalue weighted by molar-refractivity contribution is -0.00545. The summed E-state index contributed by atoms with van der Waals surface area (Å²) < 4.78 is 5.80. The Balaban J connectivity index is 0.00000300. The maximum absolute atomic E-state index is 5.80. The maximum atomic E-state index is 5.80. The highest BCUT2D eigenvalue weighted by Gasteiger charge is 2.22. The molecule has 29 heavy (non-hydrogen) atoms. The lowest BCUT2D eigenvalue weighted by atomic mass is 10.2. The topological polar surface area (TPSA) is 74.7 Å². The van der Waals surface area contributed by atoms with Crippen molar-refractivity contribution in [2.24, 2.45) is 4.99 Å². The largest absolute Gasteiger partial charge is 0.372 e. The summed E-state index contributed by atoms with van der Waals surface area (Å²) in [4.78, 5) is 16.8. The Hall–Kier alpha value is -1.46. The minimum Gasteiger partial charge on any atom is -0.372 e. The van der Waals surface area contributed by atoms with E-state index < -0.39 is 0 Å². The second kappa shape index (κ2) is 11.7. The zero-order valence-electron chi connectivity index (χ0n) is 17.5. The van der Waals surface area contributed by atoms with Crippen molar-refractivity contribution in [3.8, 4) is 0 Å². The summed E-state index contributed by atoms with van der Waals surface area (Å²) in [5, 5.41) is 7.82. The molecule has 0 amide bonds. The van der Waals surface area contributed by atoms with Gasteiger partial charge in [0.25, 0.3) is 0 Å². The van der Waals surface area contributed by atoms with Crippen LogP contribution in [0.15, 0.2) is 29.5 Å². The number of rotatable bonds is 6. The molecule has 0 spiro atoms. The number of ether oxygens (including phenoxy) is 1. The highest BCUT2D eigenvalue weighted by molar-refractivity contribution is 14.0. The first kappa shape index (κ1) is 23.8. The number of halogens is 1. The Morgan fingerprint density at radius 3 is 2.55 bits per heavy atom. The molecule has 2 aromatic heterocycles. The second-order valence-electron chi connectivity index (χ2n) is 7.15. The van der Waals surface area contributed by atoms with Crippen LogP contribution >= 0.6 is 35.3 Å². The van der Waals surface area contributed by atoms with Crippen LogP contribution in [0.5, 0.6) is 0 Å². The van der Waals surface area contributed by atoms with E-state index in [1.165, 1.54) is 4.88 Å². The molecule has 0 saturated carbocycles. The smallest absolute Gasteiger partial charge is 0.191 e. The highest BCUT2D eigenvalue weighted by atomic mass is 127. The normalized spacial score (nSPS) is 19.6. The number of nitrogens with zero attached hydrogens (tertiary/aromatic N) is 4. The number of pyridine rings is 1. The van der Waals surface area contributed by atoms with E-state index in [1.54, 1.807) is 18.4 Å². The summed E-state index contributed by atoms with van der Waals surface area (Å²) in [5.74, 6) is 1.79. The fourth-order valence-electron chi connectivity index (χ4n) is 3.28. The molecule has 1 aliphatic heterocycles. The van der Waals surface area contributed by atoms with Gasteiger partial charge in [0, 0.05) is 56.9 Å². The molecule has 160 valence electrons. The molecule has 0 aliphatic carbocycles. The van der Waals surface area contributed by atoms with Crippen LogP contribution in [0.3, 0.4) is 0 Å². The molecule has 3 heterocycles. The van der Waals surface area contributed by atoms with Crippen LogP contribution in [0.2, 0.25) is 0 Å². The third-order valence-corrected chi connectivity index (χ3v) is 5.51. The monoisotopic (exact) mass is 530 g/mol. The van der Waals surface area contributed by atoms with Crippen LogP contribution in [0.1, 0.15) is 29.3 Å². The summed E-state index contributed by atoms with van der Waals surface area (Å²) in [6.07, 6.45) is 5.20. The molecule has 0 bridgehead atoms. The Labute approximate surface area is 194 Å². The molecule has 7 nitrogen and oxygen atoms in total. The number of aryl methyl sites for hydroxylation is 1. The van der Waals surface area contributed by atoms with Gasteiger partial charge in [-0.3, -0.25) is 4.99 Å². The molecule has 2 unspecified atom stereocenters. The first-order chi connectivity index (χ1) is 13.5. The Kier molecular flexibility index (Phi) is 9.57. The molecular weight excluding hydrogens is 499 g/mol. The fraction of sp³-hybridized carbons (Fsp3) is 0.550. The number of aliphatic imine (C=N–C) groups is 1. The highest BCUT2D eigenvalue weighted by Crippen LogP contribution is 2.18. The zero-order valence-corrected chi connectivity index (χ0v) is 20.7. The average molecular weight is 530 g/mol. The SMILES string of the molecule is CN=C(NCCc1ncc(C)s1)NCc1ccc(N2CC(C)OC(C)C2)nc1.I. The van der Waals surface area contributed by atoms with Gasteiger partial charge in [-0.05, 0) is 32.4 Å². The standard InChI is InChI=1S/C20H30N6OS.HI/c1-14-12-26(13-15(2)27-14)18-6-5-17(10-23-18)11-25-20(21-4)22-8-7-19-24-9-16(3)28-19;/h5-6,9-10,14-15H,7-8,11-13H2,1-4H3,(H2,21,22,25);1H. The van der Waals surface area contributed by atoms with E-state index in [-0.39, 0.29) is 36.2 Å². The van der Waals surface area contributed by atoms with Crippen molar-refractivity contribution in [1.82, 2.24) is 20.6 Å². The van der Waals surface area contributed by atoms with Gasteiger partial charge in [-0.25, -0.2) is 9.97 Å². The quantitative estimate of drug-likeness (QED) is 0.340. The van der Waals surface area contributed by atoms with Gasteiger partial charge in [-0.2, -0.15) is 0 Å². The van der Waals surface area contributed by atoms with Crippen LogP contribution < -0.4 is 15.5 Å². The van der Waals surface area contributed by atoms with Gasteiger partial charge < -0.3 is 20.3 Å². The average Bonchev–Trinajstić information content (AvgIpc) is 3.09. The van der Waals surface area contributed by atoms with Gasteiger partial charge >= 0.3 is 0 Å². The van der Waals surface area contributed by atoms with Crippen LogP contribution in [0.25, 0.3) is 0 Å². The van der Waals surface area contributed by atoms with Crippen molar-refractivity contribution >= 4 is 47.1 Å². The van der Waals surface area contributed by atoms with Crippen LogP contribution in [0.4, 0.5) is 5.82 Å². The van der Waals surface area contributed by atoms with Crippen molar-refractivity contribution in [3.63, 3.8) is 0 Å². The maximum Gasteiger partial charge on any atom is 0.191 e.